The molecule has 0 saturated heterocycles. The second-order valence-corrected chi connectivity index (χ2v) is 6.91. The average Bonchev–Trinajstić information content (AvgIpc) is 2.38. The molecule has 1 saturated carbocycles. The minimum atomic E-state index is -4.19. The Bertz CT molecular complexity index is 627. The molecule has 0 radical (unpaired) electrons. The number of halogens is 1. The Morgan fingerprint density at radius 2 is 2.05 bits per heavy atom. The third kappa shape index (κ3) is 3.76. The summed E-state index contributed by atoms with van der Waals surface area (Å²) in [7, 11) is -4.19. The van der Waals surface area contributed by atoms with Gasteiger partial charge in [0.05, 0.1) is 6.42 Å². The van der Waals surface area contributed by atoms with Gasteiger partial charge in [0.25, 0.3) is 10.0 Å². The van der Waals surface area contributed by atoms with Crippen LogP contribution in [0.25, 0.3) is 0 Å². The van der Waals surface area contributed by atoms with E-state index in [9.17, 15) is 17.6 Å². The number of nitrogens with one attached hydrogen (secondary N) is 1. The molecular weight excluding hydrogens is 299 g/mol. The molecule has 1 heterocycles. The van der Waals surface area contributed by atoms with Crippen molar-refractivity contribution in [3.05, 3.63) is 24.1 Å². The first-order valence-corrected chi connectivity index (χ1v) is 8.19. The van der Waals surface area contributed by atoms with Crippen molar-refractivity contribution in [2.75, 3.05) is 0 Å². The van der Waals surface area contributed by atoms with Crippen LogP contribution in [0.4, 0.5) is 4.39 Å². The molecule has 116 valence electrons. The second-order valence-electron chi connectivity index (χ2n) is 5.31. The van der Waals surface area contributed by atoms with Crippen LogP contribution < -0.4 is 4.72 Å². The maximum atomic E-state index is 13.6. The van der Waals surface area contributed by atoms with Gasteiger partial charge in [-0.3, -0.25) is 4.79 Å². The molecule has 0 aromatic carbocycles. The summed E-state index contributed by atoms with van der Waals surface area (Å²) in [6.45, 7) is 0. The predicted molar refractivity (Wildman–Crippen MR) is 72.6 cm³/mol. The predicted octanol–water partition coefficient (Wildman–Crippen LogP) is 1.68. The number of carboxylic acid groups (broad SMARTS) is 1. The molecule has 0 bridgehead atoms. The van der Waals surface area contributed by atoms with E-state index in [0.717, 1.165) is 25.3 Å². The number of sulfonamides is 1. The van der Waals surface area contributed by atoms with Gasteiger partial charge in [-0.15, -0.1) is 0 Å². The maximum absolute atomic E-state index is 13.6. The van der Waals surface area contributed by atoms with Gasteiger partial charge in [0.2, 0.25) is 5.03 Å². The van der Waals surface area contributed by atoms with E-state index < -0.39 is 32.4 Å². The molecule has 1 aliphatic carbocycles. The van der Waals surface area contributed by atoms with Crippen LogP contribution in [-0.4, -0.2) is 30.0 Å². The molecule has 2 rings (SSSR count). The smallest absolute Gasteiger partial charge is 0.305 e. The third-order valence-electron chi connectivity index (χ3n) is 3.63. The highest BCUT2D eigenvalue weighted by Gasteiger charge is 2.39. The summed E-state index contributed by atoms with van der Waals surface area (Å²) in [4.78, 5) is 14.6. The number of aliphatic carboxylic acids is 1. The summed E-state index contributed by atoms with van der Waals surface area (Å²) < 4.78 is 40.6. The maximum Gasteiger partial charge on any atom is 0.305 e. The zero-order chi connectivity index (χ0) is 15.5. The molecule has 2 N–H and O–H groups in total. The van der Waals surface area contributed by atoms with Gasteiger partial charge in [0, 0.05) is 11.7 Å². The van der Waals surface area contributed by atoms with Gasteiger partial charge in [-0.25, -0.2) is 22.5 Å². The number of carbonyl (C=O) groups is 1. The first-order valence-electron chi connectivity index (χ1n) is 6.71. The molecule has 21 heavy (non-hydrogen) atoms. The fourth-order valence-corrected chi connectivity index (χ4v) is 4.20. The van der Waals surface area contributed by atoms with E-state index in [0.29, 0.717) is 12.8 Å². The SMILES string of the molecule is O=C(O)CC1(NS(=O)(=O)c2ncccc2F)CCCCC1. The van der Waals surface area contributed by atoms with Crippen LogP contribution in [0.2, 0.25) is 0 Å². The van der Waals surface area contributed by atoms with Crippen LogP contribution >= 0.6 is 0 Å². The van der Waals surface area contributed by atoms with E-state index in [1.165, 1.54) is 12.3 Å². The van der Waals surface area contributed by atoms with Crippen molar-refractivity contribution < 1.29 is 22.7 Å². The lowest BCUT2D eigenvalue weighted by atomic mass is 9.80. The van der Waals surface area contributed by atoms with E-state index in [4.69, 9.17) is 5.11 Å². The number of rotatable bonds is 5. The number of nitrogens with zero attached hydrogens (tertiary/aromatic N) is 1. The fourth-order valence-electron chi connectivity index (χ4n) is 2.74. The van der Waals surface area contributed by atoms with Crippen molar-refractivity contribution in [1.29, 1.82) is 0 Å². The topological polar surface area (TPSA) is 96.4 Å². The standard InChI is InChI=1S/C13H17FN2O4S/c14-10-5-4-8-15-12(10)21(19,20)16-13(9-11(17)18)6-2-1-3-7-13/h4-5,8,16H,1-3,6-7,9H2,(H,17,18). The van der Waals surface area contributed by atoms with Crippen molar-refractivity contribution in [3.63, 3.8) is 0 Å². The van der Waals surface area contributed by atoms with E-state index >= 15 is 0 Å². The van der Waals surface area contributed by atoms with Crippen molar-refractivity contribution >= 4 is 16.0 Å². The normalized spacial score (nSPS) is 18.3. The van der Waals surface area contributed by atoms with Crippen LogP contribution in [0.15, 0.2) is 23.4 Å². The summed E-state index contributed by atoms with van der Waals surface area (Å²) in [5.74, 6) is -2.03. The van der Waals surface area contributed by atoms with E-state index in [2.05, 4.69) is 9.71 Å². The zero-order valence-corrected chi connectivity index (χ0v) is 12.2. The van der Waals surface area contributed by atoms with Gasteiger partial charge in [-0.05, 0) is 25.0 Å². The number of hydrogen-bond acceptors (Lipinski definition) is 4. The van der Waals surface area contributed by atoms with Crippen molar-refractivity contribution in [3.8, 4) is 0 Å². The highest BCUT2D eigenvalue weighted by molar-refractivity contribution is 7.89. The van der Waals surface area contributed by atoms with Crippen LogP contribution in [0.3, 0.4) is 0 Å². The van der Waals surface area contributed by atoms with Crippen LogP contribution in [0.1, 0.15) is 38.5 Å². The minimum absolute atomic E-state index is 0.319. The van der Waals surface area contributed by atoms with Gasteiger partial charge < -0.3 is 5.11 Å². The van der Waals surface area contributed by atoms with Gasteiger partial charge >= 0.3 is 5.97 Å². The average molecular weight is 316 g/mol. The highest BCUT2D eigenvalue weighted by Crippen LogP contribution is 2.32. The van der Waals surface area contributed by atoms with Crippen molar-refractivity contribution in [2.24, 2.45) is 0 Å². The largest absolute Gasteiger partial charge is 0.481 e. The molecule has 1 fully saturated rings. The second kappa shape index (κ2) is 6.07. The molecule has 8 heteroatoms. The van der Waals surface area contributed by atoms with Gasteiger partial charge in [0.15, 0.2) is 5.82 Å². The molecule has 6 nitrogen and oxygen atoms in total. The van der Waals surface area contributed by atoms with Gasteiger partial charge in [-0.1, -0.05) is 19.3 Å². The van der Waals surface area contributed by atoms with E-state index in [1.54, 1.807) is 0 Å². The lowest BCUT2D eigenvalue weighted by Crippen LogP contribution is -2.51. The first kappa shape index (κ1) is 15.8. The number of pyridine rings is 1. The Labute approximate surface area is 122 Å². The summed E-state index contributed by atoms with van der Waals surface area (Å²) >= 11 is 0. The summed E-state index contributed by atoms with van der Waals surface area (Å²) in [6, 6.07) is 2.30. The molecule has 0 unspecified atom stereocenters. The lowest BCUT2D eigenvalue weighted by Gasteiger charge is -2.36. The van der Waals surface area contributed by atoms with Crippen LogP contribution in [0, 0.1) is 5.82 Å². The zero-order valence-electron chi connectivity index (χ0n) is 11.4. The monoisotopic (exact) mass is 316 g/mol. The number of hydrogen-bond donors (Lipinski definition) is 2. The Hall–Kier alpha value is -1.54. The molecule has 0 amide bonds. The molecular formula is C13H17FN2O4S. The molecule has 1 aromatic heterocycles. The summed E-state index contributed by atoms with van der Waals surface area (Å²) in [6.07, 6.45) is 4.12. The Morgan fingerprint density at radius 1 is 1.38 bits per heavy atom. The van der Waals surface area contributed by atoms with Gasteiger partial charge in [0.1, 0.15) is 0 Å². The van der Waals surface area contributed by atoms with Crippen molar-refractivity contribution in [2.45, 2.75) is 49.1 Å². The molecule has 0 aliphatic heterocycles. The minimum Gasteiger partial charge on any atom is -0.481 e. The Balaban J connectivity index is 2.31. The summed E-state index contributed by atoms with van der Waals surface area (Å²) in [5, 5.41) is 8.33. The molecule has 0 spiro atoms. The van der Waals surface area contributed by atoms with E-state index in [-0.39, 0.29) is 6.42 Å². The Kier molecular flexibility index (Phi) is 4.58. The molecule has 1 aliphatic rings. The number of carboxylic acids is 1. The van der Waals surface area contributed by atoms with Crippen LogP contribution in [-0.2, 0) is 14.8 Å². The van der Waals surface area contributed by atoms with Crippen LogP contribution in [0.5, 0.6) is 0 Å². The Morgan fingerprint density at radius 3 is 2.62 bits per heavy atom. The fraction of sp³-hybridized carbons (Fsp3) is 0.538. The molecule has 0 atom stereocenters. The van der Waals surface area contributed by atoms with Crippen molar-refractivity contribution in [1.82, 2.24) is 9.71 Å². The van der Waals surface area contributed by atoms with Gasteiger partial charge in [-0.2, -0.15) is 0 Å². The third-order valence-corrected chi connectivity index (χ3v) is 5.14. The lowest BCUT2D eigenvalue weighted by molar-refractivity contribution is -0.138. The van der Waals surface area contributed by atoms with E-state index in [1.807, 2.05) is 0 Å². The summed E-state index contributed by atoms with van der Waals surface area (Å²) in [5.41, 5.74) is -1.06. The molecule has 1 aromatic rings. The highest BCUT2D eigenvalue weighted by atomic mass is 32.2. The first-order chi connectivity index (χ1) is 9.85. The quantitative estimate of drug-likeness (QED) is 0.861. The number of aromatic nitrogens is 1.